The number of amidine groups is 1. The molecule has 9 heteroatoms. The highest BCUT2D eigenvalue weighted by molar-refractivity contribution is 8.15. The largest absolute Gasteiger partial charge is 0.497 e. The van der Waals surface area contributed by atoms with Gasteiger partial charge in [-0.2, -0.15) is 5.10 Å². The minimum absolute atomic E-state index is 0.0169. The third-order valence-corrected chi connectivity index (χ3v) is 5.13. The SMILES string of the molecule is COc1ccc(CN2C(=O)C(C)S/C2=N\N=C\c2cccc([N+](=O)[O-])c2)cc1. The molecule has 1 amide bonds. The van der Waals surface area contributed by atoms with E-state index in [-0.39, 0.29) is 16.8 Å². The van der Waals surface area contributed by atoms with Crippen molar-refractivity contribution in [2.75, 3.05) is 7.11 Å². The number of ether oxygens (including phenoxy) is 1. The summed E-state index contributed by atoms with van der Waals surface area (Å²) in [7, 11) is 1.60. The molecule has 0 aliphatic carbocycles. The van der Waals surface area contributed by atoms with Gasteiger partial charge in [-0.25, -0.2) is 0 Å². The molecule has 1 aliphatic heterocycles. The van der Waals surface area contributed by atoms with Gasteiger partial charge in [0.2, 0.25) is 5.91 Å². The van der Waals surface area contributed by atoms with Crippen molar-refractivity contribution in [1.29, 1.82) is 0 Å². The van der Waals surface area contributed by atoms with Crippen LogP contribution in [-0.4, -0.2) is 39.5 Å². The Balaban J connectivity index is 1.77. The smallest absolute Gasteiger partial charge is 0.270 e. The van der Waals surface area contributed by atoms with Crippen molar-refractivity contribution >= 4 is 34.7 Å². The van der Waals surface area contributed by atoms with E-state index in [0.717, 1.165) is 11.3 Å². The summed E-state index contributed by atoms with van der Waals surface area (Å²) in [6, 6.07) is 13.6. The molecule has 0 bridgehead atoms. The lowest BCUT2D eigenvalue weighted by Gasteiger charge is -2.15. The maximum absolute atomic E-state index is 12.5. The van der Waals surface area contributed by atoms with Gasteiger partial charge < -0.3 is 4.74 Å². The van der Waals surface area contributed by atoms with Crippen molar-refractivity contribution < 1.29 is 14.5 Å². The van der Waals surface area contributed by atoms with Crippen LogP contribution in [0.3, 0.4) is 0 Å². The van der Waals surface area contributed by atoms with Crippen LogP contribution in [0.15, 0.2) is 58.7 Å². The zero-order chi connectivity index (χ0) is 20.1. The van der Waals surface area contributed by atoms with Crippen LogP contribution < -0.4 is 4.74 Å². The second-order valence-electron chi connectivity index (χ2n) is 6.01. The predicted molar refractivity (Wildman–Crippen MR) is 109 cm³/mol. The number of non-ortho nitro benzene ring substituents is 1. The highest BCUT2D eigenvalue weighted by atomic mass is 32.2. The number of amides is 1. The molecule has 1 unspecified atom stereocenters. The number of nitro groups is 1. The average molecular weight is 398 g/mol. The van der Waals surface area contributed by atoms with Crippen LogP contribution in [0.25, 0.3) is 0 Å². The fourth-order valence-corrected chi connectivity index (χ4v) is 3.51. The Morgan fingerprint density at radius 1 is 1.29 bits per heavy atom. The molecule has 8 nitrogen and oxygen atoms in total. The van der Waals surface area contributed by atoms with Gasteiger partial charge in [-0.1, -0.05) is 36.0 Å². The minimum atomic E-state index is -0.465. The zero-order valence-electron chi connectivity index (χ0n) is 15.3. The molecule has 0 aromatic heterocycles. The van der Waals surface area contributed by atoms with Gasteiger partial charge in [-0.3, -0.25) is 19.8 Å². The number of benzene rings is 2. The summed E-state index contributed by atoms with van der Waals surface area (Å²) in [5.74, 6) is 0.708. The molecular weight excluding hydrogens is 380 g/mol. The number of nitrogens with zero attached hydrogens (tertiary/aromatic N) is 4. The molecule has 1 heterocycles. The van der Waals surface area contributed by atoms with E-state index >= 15 is 0 Å². The van der Waals surface area contributed by atoms with Crippen LogP contribution in [0.1, 0.15) is 18.1 Å². The Morgan fingerprint density at radius 3 is 2.71 bits per heavy atom. The second-order valence-corrected chi connectivity index (χ2v) is 7.32. The van der Waals surface area contributed by atoms with E-state index in [2.05, 4.69) is 10.2 Å². The lowest BCUT2D eigenvalue weighted by atomic mass is 10.2. The normalized spacial score (nSPS) is 18.2. The van der Waals surface area contributed by atoms with Crippen LogP contribution in [-0.2, 0) is 11.3 Å². The van der Waals surface area contributed by atoms with E-state index in [1.807, 2.05) is 31.2 Å². The number of carbonyl (C=O) groups excluding carboxylic acids is 1. The molecule has 1 fully saturated rings. The minimum Gasteiger partial charge on any atom is -0.497 e. The first-order valence-electron chi connectivity index (χ1n) is 8.44. The van der Waals surface area contributed by atoms with E-state index in [4.69, 9.17) is 4.74 Å². The first-order valence-corrected chi connectivity index (χ1v) is 9.32. The van der Waals surface area contributed by atoms with Crippen molar-refractivity contribution in [2.45, 2.75) is 18.7 Å². The van der Waals surface area contributed by atoms with Gasteiger partial charge in [0.15, 0.2) is 5.17 Å². The average Bonchev–Trinajstić information content (AvgIpc) is 2.96. The number of rotatable bonds is 6. The van der Waals surface area contributed by atoms with Gasteiger partial charge in [0.1, 0.15) is 5.75 Å². The number of carbonyl (C=O) groups is 1. The third-order valence-electron chi connectivity index (χ3n) is 4.06. The molecule has 2 aromatic carbocycles. The van der Waals surface area contributed by atoms with E-state index < -0.39 is 4.92 Å². The Labute approximate surface area is 166 Å². The van der Waals surface area contributed by atoms with E-state index in [1.165, 1.54) is 30.1 Å². The third kappa shape index (κ3) is 4.55. The van der Waals surface area contributed by atoms with E-state index in [0.29, 0.717) is 17.3 Å². The van der Waals surface area contributed by atoms with Crippen molar-refractivity contribution in [3.05, 3.63) is 69.8 Å². The number of methoxy groups -OCH3 is 1. The Hall–Kier alpha value is -3.20. The highest BCUT2D eigenvalue weighted by Gasteiger charge is 2.35. The molecule has 3 rings (SSSR count). The number of thioether (sulfide) groups is 1. The quantitative estimate of drug-likeness (QED) is 0.422. The summed E-state index contributed by atoms with van der Waals surface area (Å²) < 4.78 is 5.15. The lowest BCUT2D eigenvalue weighted by molar-refractivity contribution is -0.384. The number of hydrogen-bond acceptors (Lipinski definition) is 7. The number of hydrogen-bond donors (Lipinski definition) is 0. The summed E-state index contributed by atoms with van der Waals surface area (Å²) in [4.78, 5) is 24.4. The molecule has 1 saturated heterocycles. The molecule has 1 aliphatic rings. The van der Waals surface area contributed by atoms with Crippen molar-refractivity contribution in [3.8, 4) is 5.75 Å². The highest BCUT2D eigenvalue weighted by Crippen LogP contribution is 2.28. The summed E-state index contributed by atoms with van der Waals surface area (Å²) in [5, 5.41) is 19.3. The molecule has 0 radical (unpaired) electrons. The molecule has 0 saturated carbocycles. The maximum atomic E-state index is 12.5. The standard InChI is InChI=1S/C19H18N4O4S/c1-13-18(24)22(12-14-6-8-17(27-2)9-7-14)19(28-13)21-20-11-15-4-3-5-16(10-15)23(25)26/h3-11,13H,12H2,1-2H3/b20-11+,21-19-. The Morgan fingerprint density at radius 2 is 2.04 bits per heavy atom. The topological polar surface area (TPSA) is 97.4 Å². The first kappa shape index (κ1) is 19.6. The Kier molecular flexibility index (Phi) is 6.05. The molecule has 2 aromatic rings. The van der Waals surface area contributed by atoms with Gasteiger partial charge >= 0.3 is 0 Å². The van der Waals surface area contributed by atoms with Gasteiger partial charge in [-0.15, -0.1) is 5.10 Å². The van der Waals surface area contributed by atoms with Crippen LogP contribution in [0.5, 0.6) is 5.75 Å². The summed E-state index contributed by atoms with van der Waals surface area (Å²) in [5.41, 5.74) is 1.48. The first-order chi connectivity index (χ1) is 13.5. The number of nitro benzene ring substituents is 1. The van der Waals surface area contributed by atoms with E-state index in [9.17, 15) is 14.9 Å². The summed E-state index contributed by atoms with van der Waals surface area (Å²) in [6.07, 6.45) is 1.43. The molecular formula is C19H18N4O4S. The van der Waals surface area contributed by atoms with Crippen LogP contribution in [0.2, 0.25) is 0 Å². The monoisotopic (exact) mass is 398 g/mol. The van der Waals surface area contributed by atoms with Crippen molar-refractivity contribution in [2.24, 2.45) is 10.2 Å². The van der Waals surface area contributed by atoms with Crippen LogP contribution in [0, 0.1) is 10.1 Å². The maximum Gasteiger partial charge on any atom is 0.270 e. The van der Waals surface area contributed by atoms with E-state index in [1.54, 1.807) is 24.1 Å². The molecule has 1 atom stereocenters. The van der Waals surface area contributed by atoms with Crippen molar-refractivity contribution in [1.82, 2.24) is 4.90 Å². The van der Waals surface area contributed by atoms with Crippen LogP contribution >= 0.6 is 11.8 Å². The van der Waals surface area contributed by atoms with Gasteiger partial charge in [0.25, 0.3) is 5.69 Å². The summed E-state index contributed by atoms with van der Waals surface area (Å²) in [6.45, 7) is 2.20. The lowest BCUT2D eigenvalue weighted by Crippen LogP contribution is -2.30. The summed E-state index contributed by atoms with van der Waals surface area (Å²) >= 11 is 1.33. The fourth-order valence-electron chi connectivity index (χ4n) is 2.59. The van der Waals surface area contributed by atoms with Crippen LogP contribution in [0.4, 0.5) is 5.69 Å². The molecule has 28 heavy (non-hydrogen) atoms. The second kappa shape index (κ2) is 8.66. The predicted octanol–water partition coefficient (Wildman–Crippen LogP) is 3.46. The zero-order valence-corrected chi connectivity index (χ0v) is 16.1. The van der Waals surface area contributed by atoms with Gasteiger partial charge in [0, 0.05) is 17.7 Å². The Bertz CT molecular complexity index is 943. The molecule has 144 valence electrons. The van der Waals surface area contributed by atoms with Gasteiger partial charge in [0.05, 0.1) is 30.0 Å². The van der Waals surface area contributed by atoms with Gasteiger partial charge in [-0.05, 0) is 24.6 Å². The van der Waals surface area contributed by atoms with Crippen molar-refractivity contribution in [3.63, 3.8) is 0 Å². The fraction of sp³-hybridized carbons (Fsp3) is 0.211. The molecule has 0 spiro atoms. The molecule has 0 N–H and O–H groups in total.